The minimum atomic E-state index is -0.721. The zero-order valence-electron chi connectivity index (χ0n) is 19.7. The number of benzene rings is 2. The molecule has 0 radical (unpaired) electrons. The van der Waals surface area contributed by atoms with Crippen LogP contribution >= 0.6 is 0 Å². The van der Waals surface area contributed by atoms with E-state index in [0.717, 1.165) is 22.3 Å². The molecule has 4 rings (SSSR count). The second-order valence-electron chi connectivity index (χ2n) is 8.35. The van der Waals surface area contributed by atoms with E-state index in [2.05, 4.69) is 32.9 Å². The maximum absolute atomic E-state index is 10.3. The van der Waals surface area contributed by atoms with Crippen LogP contribution in [0.25, 0.3) is 21.9 Å². The van der Waals surface area contributed by atoms with Crippen molar-refractivity contribution in [3.63, 3.8) is 0 Å². The van der Waals surface area contributed by atoms with Gasteiger partial charge in [-0.3, -0.25) is 4.79 Å². The third-order valence-corrected chi connectivity index (χ3v) is 4.53. The molecule has 33 heavy (non-hydrogen) atoms. The average Bonchev–Trinajstić information content (AvgIpc) is 3.34. The van der Waals surface area contributed by atoms with Crippen molar-refractivity contribution < 1.29 is 63.0 Å². The van der Waals surface area contributed by atoms with Crippen molar-refractivity contribution in [1.29, 1.82) is 0 Å². The zero-order chi connectivity index (χ0) is 23.1. The molecule has 2 aromatic heterocycles. The third-order valence-electron chi connectivity index (χ3n) is 4.53. The molecule has 7 nitrogen and oxygen atoms in total. The topological polar surface area (TPSA) is 117 Å². The van der Waals surface area contributed by atoms with E-state index in [9.17, 15) is 4.79 Å². The number of rotatable bonds is 3. The molecule has 0 aliphatic carbocycles. The third kappa shape index (κ3) is 8.31. The molecule has 0 aliphatic rings. The van der Waals surface area contributed by atoms with Crippen LogP contribution in [0.15, 0.2) is 69.5 Å². The second-order valence-corrected chi connectivity index (χ2v) is 8.35. The summed E-state index contributed by atoms with van der Waals surface area (Å²) >= 11 is 0. The van der Waals surface area contributed by atoms with Crippen molar-refractivity contribution in [3.8, 4) is 0 Å². The first-order chi connectivity index (χ1) is 14.6. The van der Waals surface area contributed by atoms with Gasteiger partial charge in [0.2, 0.25) is 0 Å². The van der Waals surface area contributed by atoms with Crippen molar-refractivity contribution >= 4 is 34.6 Å². The first-order valence-electron chi connectivity index (χ1n) is 9.71. The van der Waals surface area contributed by atoms with Crippen molar-refractivity contribution in [1.82, 2.24) is 0 Å². The van der Waals surface area contributed by atoms with Crippen molar-refractivity contribution in [3.05, 3.63) is 72.2 Å². The minimum absolute atomic E-state index is 0. The number of hydrogen-bond acceptors (Lipinski definition) is 7. The van der Waals surface area contributed by atoms with E-state index in [1.54, 1.807) is 13.8 Å². The molecular weight excluding hydrogens is 435 g/mol. The van der Waals surface area contributed by atoms with Crippen LogP contribution in [0.1, 0.15) is 46.1 Å². The number of hydrogen-bond donors (Lipinski definition) is 0. The summed E-state index contributed by atoms with van der Waals surface area (Å²) in [6, 6.07) is 19.8. The van der Waals surface area contributed by atoms with Gasteiger partial charge in [-0.15, -0.1) is 0 Å². The monoisotopic (exact) mass is 462 g/mol. The van der Waals surface area contributed by atoms with Crippen LogP contribution in [0.4, 0.5) is 0 Å². The number of carbonyl (C=O) groups excluding carboxylic acids is 3. The predicted octanol–water partition coefficient (Wildman–Crippen LogP) is 2.81. The van der Waals surface area contributed by atoms with E-state index in [1.165, 1.54) is 5.39 Å². The van der Waals surface area contributed by atoms with Crippen molar-refractivity contribution in [2.45, 2.75) is 45.6 Å². The summed E-state index contributed by atoms with van der Waals surface area (Å²) in [4.78, 5) is 26.6. The van der Waals surface area contributed by atoms with Gasteiger partial charge in [0.15, 0.2) is 5.60 Å². The van der Waals surface area contributed by atoms with Crippen LogP contribution in [0.3, 0.4) is 0 Å². The average molecular weight is 462 g/mol. The van der Waals surface area contributed by atoms with Gasteiger partial charge in [0.1, 0.15) is 22.7 Å². The molecule has 1 N–H and O–H groups in total. The van der Waals surface area contributed by atoms with Crippen LogP contribution in [-0.4, -0.2) is 18.1 Å². The summed E-state index contributed by atoms with van der Waals surface area (Å²) < 4.78 is 16.3. The van der Waals surface area contributed by atoms with Crippen LogP contribution in [0, 0.1) is 0 Å². The largest absolute Gasteiger partial charge is 1.00 e. The van der Waals surface area contributed by atoms with E-state index in [0.29, 0.717) is 12.2 Å². The van der Waals surface area contributed by atoms with Gasteiger partial charge >= 0.3 is 35.7 Å². The Bertz CT molecular complexity index is 1110. The molecule has 8 heteroatoms. The standard InChI is InChI=1S/C12H12O3.C12H14O.CO2.Na.H2O/c1-12(2,14-8-13)11-7-9-5-3-4-6-10(9)15-11;1-12(2,3)11-8-9-6-4-5-7-10(9)13-11;2-1-3;;/h3-8H,1-2H3;4-8H,1-3H3;;;1H2/q;;;+1;/p-1. The molecule has 0 saturated carbocycles. The van der Waals surface area contributed by atoms with Gasteiger partial charge in [0.25, 0.3) is 6.47 Å². The first kappa shape index (κ1) is 30.3. The summed E-state index contributed by atoms with van der Waals surface area (Å²) in [5, 5.41) is 2.20. The van der Waals surface area contributed by atoms with Gasteiger partial charge in [-0.2, -0.15) is 9.59 Å². The number of fused-ring (bicyclic) bond motifs is 2. The van der Waals surface area contributed by atoms with E-state index < -0.39 is 5.60 Å². The fourth-order valence-electron chi connectivity index (χ4n) is 2.81. The molecule has 0 amide bonds. The number of furan rings is 2. The Hall–Kier alpha value is -2.67. The summed E-state index contributed by atoms with van der Waals surface area (Å²) in [5.41, 5.74) is 1.15. The van der Waals surface area contributed by atoms with Gasteiger partial charge < -0.3 is 19.0 Å². The molecule has 0 fully saturated rings. The van der Waals surface area contributed by atoms with E-state index in [4.69, 9.17) is 23.2 Å². The number of carbonyl (C=O) groups is 1. The summed E-state index contributed by atoms with van der Waals surface area (Å²) in [7, 11) is 0. The molecule has 4 aromatic rings. The van der Waals surface area contributed by atoms with Crippen molar-refractivity contribution in [2.75, 3.05) is 0 Å². The molecule has 0 atom stereocenters. The minimum Gasteiger partial charge on any atom is -0.870 e. The molecule has 170 valence electrons. The molecule has 0 aliphatic heterocycles. The Morgan fingerprint density at radius 1 is 0.788 bits per heavy atom. The van der Waals surface area contributed by atoms with Crippen LogP contribution in [0.2, 0.25) is 0 Å². The van der Waals surface area contributed by atoms with Gasteiger partial charge in [-0.25, -0.2) is 0 Å². The second kappa shape index (κ2) is 13.1. The van der Waals surface area contributed by atoms with Gasteiger partial charge in [0.05, 0.1) is 0 Å². The molecule has 0 spiro atoms. The number of para-hydroxylation sites is 2. The molecule has 0 bridgehead atoms. The Labute approximate surface area is 214 Å². The Morgan fingerprint density at radius 3 is 1.58 bits per heavy atom. The molecule has 2 heterocycles. The fourth-order valence-corrected chi connectivity index (χ4v) is 2.81. The number of ether oxygens (including phenoxy) is 1. The Morgan fingerprint density at radius 2 is 1.18 bits per heavy atom. The van der Waals surface area contributed by atoms with Crippen LogP contribution in [0.5, 0.6) is 0 Å². The maximum Gasteiger partial charge on any atom is 1.00 e. The van der Waals surface area contributed by atoms with E-state index >= 15 is 0 Å². The first-order valence-corrected chi connectivity index (χ1v) is 9.71. The SMILES string of the molecule is CC(C)(C)c1cc2ccccc2o1.CC(C)(OC=O)c1cc2ccccc2o1.O=C=O.[Na+].[OH-]. The Balaban J connectivity index is 0.000000530. The molecular formula is C25H27NaO7. The molecule has 0 saturated heterocycles. The maximum atomic E-state index is 10.3. The van der Waals surface area contributed by atoms with Gasteiger partial charge in [-0.05, 0) is 38.1 Å². The van der Waals surface area contributed by atoms with Crippen LogP contribution in [-0.2, 0) is 30.1 Å². The zero-order valence-corrected chi connectivity index (χ0v) is 21.7. The predicted molar refractivity (Wildman–Crippen MR) is 118 cm³/mol. The smallest absolute Gasteiger partial charge is 0.870 e. The summed E-state index contributed by atoms with van der Waals surface area (Å²) in [6.07, 6.45) is 0.250. The van der Waals surface area contributed by atoms with E-state index in [-0.39, 0.29) is 46.6 Å². The quantitative estimate of drug-likeness (QED) is 0.339. The normalized spacial score (nSPS) is 10.3. The summed E-state index contributed by atoms with van der Waals surface area (Å²) in [5.74, 6) is 1.70. The molecule has 2 aromatic carbocycles. The fraction of sp³-hybridized carbons (Fsp3) is 0.280. The van der Waals surface area contributed by atoms with Gasteiger partial charge in [-0.1, -0.05) is 57.2 Å². The van der Waals surface area contributed by atoms with E-state index in [1.807, 2.05) is 48.5 Å². The summed E-state index contributed by atoms with van der Waals surface area (Å²) in [6.45, 7) is 10.5. The van der Waals surface area contributed by atoms with Gasteiger partial charge in [0, 0.05) is 16.2 Å². The molecule has 0 unspecified atom stereocenters. The Kier molecular flexibility index (Phi) is 12.1. The van der Waals surface area contributed by atoms with Crippen molar-refractivity contribution in [2.24, 2.45) is 0 Å². The van der Waals surface area contributed by atoms with Crippen LogP contribution < -0.4 is 29.6 Å².